The Morgan fingerprint density at radius 2 is 2.64 bits per heavy atom. The predicted molar refractivity (Wildman–Crippen MR) is 41.8 cm³/mol. The van der Waals surface area contributed by atoms with Gasteiger partial charge in [0.1, 0.15) is 5.71 Å². The molecule has 0 bridgehead atoms. The Kier molecular flexibility index (Phi) is 2.49. The number of nitrogens with zero attached hydrogens (tertiary/aromatic N) is 1. The fourth-order valence-corrected chi connectivity index (χ4v) is 0.770. The minimum Gasteiger partial charge on any atom is -0.463 e. The van der Waals surface area contributed by atoms with E-state index in [1.54, 1.807) is 18.2 Å². The van der Waals surface area contributed by atoms with E-state index in [0.717, 1.165) is 0 Å². The second kappa shape index (κ2) is 3.61. The van der Waals surface area contributed by atoms with Gasteiger partial charge in [-0.1, -0.05) is 11.2 Å². The molecule has 1 rings (SSSR count). The van der Waals surface area contributed by atoms with Crippen LogP contribution in [0.3, 0.4) is 0 Å². The average Bonchev–Trinajstić information content (AvgIpc) is 2.52. The molecule has 11 heavy (non-hydrogen) atoms. The lowest BCUT2D eigenvalue weighted by atomic mass is 10.2. The van der Waals surface area contributed by atoms with Gasteiger partial charge in [-0.25, -0.2) is 0 Å². The first-order valence-electron chi connectivity index (χ1n) is 3.24. The van der Waals surface area contributed by atoms with Gasteiger partial charge in [-0.3, -0.25) is 0 Å². The summed E-state index contributed by atoms with van der Waals surface area (Å²) in [4.78, 5) is 0. The zero-order valence-electron chi connectivity index (χ0n) is 6.03. The smallest absolute Gasteiger partial charge is 0.151 e. The Morgan fingerprint density at radius 1 is 1.82 bits per heavy atom. The van der Waals surface area contributed by atoms with Crippen LogP contribution in [0.15, 0.2) is 40.6 Å². The molecule has 0 spiro atoms. The van der Waals surface area contributed by atoms with E-state index in [9.17, 15) is 0 Å². The lowest BCUT2D eigenvalue weighted by Crippen LogP contribution is -1.96. The highest BCUT2D eigenvalue weighted by Crippen LogP contribution is 2.05. The van der Waals surface area contributed by atoms with Crippen molar-refractivity contribution in [2.75, 3.05) is 0 Å². The van der Waals surface area contributed by atoms with Crippen LogP contribution in [-0.2, 0) is 0 Å². The Morgan fingerprint density at radius 3 is 3.09 bits per heavy atom. The Hall–Kier alpha value is -1.51. The Labute approximate surface area is 64.6 Å². The van der Waals surface area contributed by atoms with Crippen LogP contribution in [0.5, 0.6) is 0 Å². The van der Waals surface area contributed by atoms with Gasteiger partial charge in [0.25, 0.3) is 0 Å². The zero-order chi connectivity index (χ0) is 8.10. The summed E-state index contributed by atoms with van der Waals surface area (Å²) in [6.07, 6.45) is 3.69. The van der Waals surface area contributed by atoms with Gasteiger partial charge < -0.3 is 9.62 Å². The number of hydrogen-bond donors (Lipinski definition) is 1. The molecule has 58 valence electrons. The average molecular weight is 151 g/mol. The molecule has 1 aromatic heterocycles. The van der Waals surface area contributed by atoms with E-state index in [2.05, 4.69) is 11.7 Å². The number of allylic oxidation sites excluding steroid dienone is 1. The van der Waals surface area contributed by atoms with Crippen molar-refractivity contribution in [2.45, 2.75) is 6.42 Å². The van der Waals surface area contributed by atoms with Crippen molar-refractivity contribution >= 4 is 5.71 Å². The van der Waals surface area contributed by atoms with Crippen LogP contribution in [0.4, 0.5) is 0 Å². The summed E-state index contributed by atoms with van der Waals surface area (Å²) in [5.74, 6) is 0.576. The standard InChI is InChI=1S/C8H9NO2/c1-2-4-7(9-10)8-5-3-6-11-8/h2-3,5-6,10H,1,4H2. The van der Waals surface area contributed by atoms with Gasteiger partial charge in [-0.2, -0.15) is 0 Å². The molecule has 0 saturated heterocycles. The van der Waals surface area contributed by atoms with Crippen LogP contribution in [0, 0.1) is 0 Å². The number of furan rings is 1. The summed E-state index contributed by atoms with van der Waals surface area (Å²) >= 11 is 0. The molecule has 1 aromatic rings. The second-order valence-electron chi connectivity index (χ2n) is 2.02. The van der Waals surface area contributed by atoms with E-state index in [0.29, 0.717) is 17.9 Å². The summed E-state index contributed by atoms with van der Waals surface area (Å²) in [7, 11) is 0. The van der Waals surface area contributed by atoms with Gasteiger partial charge in [-0.05, 0) is 12.1 Å². The summed E-state index contributed by atoms with van der Waals surface area (Å²) in [6.45, 7) is 3.52. The van der Waals surface area contributed by atoms with E-state index >= 15 is 0 Å². The zero-order valence-corrected chi connectivity index (χ0v) is 6.03. The predicted octanol–water partition coefficient (Wildman–Crippen LogP) is 2.03. The SMILES string of the molecule is C=CCC(=NO)c1ccco1. The minimum absolute atomic E-state index is 0.491. The van der Waals surface area contributed by atoms with Gasteiger partial charge in [0.05, 0.1) is 6.26 Å². The molecule has 0 aliphatic heterocycles. The van der Waals surface area contributed by atoms with Crippen molar-refractivity contribution in [3.8, 4) is 0 Å². The lowest BCUT2D eigenvalue weighted by molar-refractivity contribution is 0.317. The lowest BCUT2D eigenvalue weighted by Gasteiger charge is -1.93. The molecule has 0 atom stereocenters. The molecule has 1 heterocycles. The molecule has 0 aromatic carbocycles. The van der Waals surface area contributed by atoms with Gasteiger partial charge in [-0.15, -0.1) is 6.58 Å². The van der Waals surface area contributed by atoms with E-state index in [4.69, 9.17) is 9.62 Å². The van der Waals surface area contributed by atoms with Gasteiger partial charge in [0.15, 0.2) is 5.76 Å². The molecule has 1 N–H and O–H groups in total. The normalized spacial score (nSPS) is 11.5. The maximum Gasteiger partial charge on any atom is 0.151 e. The third kappa shape index (κ3) is 1.70. The highest BCUT2D eigenvalue weighted by molar-refractivity contribution is 5.98. The molecule has 3 nitrogen and oxygen atoms in total. The van der Waals surface area contributed by atoms with Crippen LogP contribution in [0.2, 0.25) is 0 Å². The quantitative estimate of drug-likeness (QED) is 0.311. The summed E-state index contributed by atoms with van der Waals surface area (Å²) < 4.78 is 5.00. The molecule has 0 aliphatic carbocycles. The van der Waals surface area contributed by atoms with Crippen molar-refractivity contribution in [3.05, 3.63) is 36.8 Å². The van der Waals surface area contributed by atoms with Crippen molar-refractivity contribution in [1.82, 2.24) is 0 Å². The minimum atomic E-state index is 0.491. The largest absolute Gasteiger partial charge is 0.463 e. The Balaban J connectivity index is 2.80. The van der Waals surface area contributed by atoms with Gasteiger partial charge in [0.2, 0.25) is 0 Å². The van der Waals surface area contributed by atoms with E-state index in [1.165, 1.54) is 6.26 Å². The van der Waals surface area contributed by atoms with Crippen LogP contribution >= 0.6 is 0 Å². The molecule has 0 amide bonds. The fourth-order valence-electron chi connectivity index (χ4n) is 0.770. The maximum atomic E-state index is 8.51. The van der Waals surface area contributed by atoms with Crippen LogP contribution in [0.1, 0.15) is 12.2 Å². The monoisotopic (exact) mass is 151 g/mol. The van der Waals surface area contributed by atoms with Crippen molar-refractivity contribution in [1.29, 1.82) is 0 Å². The van der Waals surface area contributed by atoms with E-state index in [-0.39, 0.29) is 0 Å². The number of oxime groups is 1. The molecule has 0 aliphatic rings. The summed E-state index contributed by atoms with van der Waals surface area (Å²) in [6, 6.07) is 3.47. The molecule has 0 fully saturated rings. The summed E-state index contributed by atoms with van der Waals surface area (Å²) in [5, 5.41) is 11.6. The molecular formula is C8H9NO2. The van der Waals surface area contributed by atoms with E-state index in [1.807, 2.05) is 0 Å². The topological polar surface area (TPSA) is 45.7 Å². The van der Waals surface area contributed by atoms with Gasteiger partial charge >= 0.3 is 0 Å². The maximum absolute atomic E-state index is 8.51. The molecule has 0 saturated carbocycles. The highest BCUT2D eigenvalue weighted by atomic mass is 16.4. The Bertz CT molecular complexity index is 249. The fraction of sp³-hybridized carbons (Fsp3) is 0.125. The first-order valence-corrected chi connectivity index (χ1v) is 3.24. The number of hydrogen-bond acceptors (Lipinski definition) is 3. The highest BCUT2D eigenvalue weighted by Gasteiger charge is 2.03. The molecule has 3 heteroatoms. The van der Waals surface area contributed by atoms with Crippen molar-refractivity contribution in [3.63, 3.8) is 0 Å². The molecular weight excluding hydrogens is 142 g/mol. The third-order valence-electron chi connectivity index (χ3n) is 1.26. The van der Waals surface area contributed by atoms with Crippen molar-refractivity contribution < 1.29 is 9.62 Å². The third-order valence-corrected chi connectivity index (χ3v) is 1.26. The van der Waals surface area contributed by atoms with Crippen LogP contribution < -0.4 is 0 Å². The summed E-state index contributed by atoms with van der Waals surface area (Å²) in [5.41, 5.74) is 0.491. The second-order valence-corrected chi connectivity index (χ2v) is 2.02. The van der Waals surface area contributed by atoms with Gasteiger partial charge in [0, 0.05) is 6.42 Å². The number of rotatable bonds is 3. The van der Waals surface area contributed by atoms with E-state index < -0.39 is 0 Å². The van der Waals surface area contributed by atoms with Crippen molar-refractivity contribution in [2.24, 2.45) is 5.16 Å². The molecule has 0 unspecified atom stereocenters. The first-order chi connectivity index (χ1) is 5.38. The first kappa shape index (κ1) is 7.60. The van der Waals surface area contributed by atoms with Crippen LogP contribution in [0.25, 0.3) is 0 Å². The molecule has 0 radical (unpaired) electrons. The van der Waals surface area contributed by atoms with Crippen LogP contribution in [-0.4, -0.2) is 10.9 Å².